The Bertz CT molecular complexity index is 955. The van der Waals surface area contributed by atoms with Gasteiger partial charge >= 0.3 is 0 Å². The van der Waals surface area contributed by atoms with Crippen LogP contribution >= 0.6 is 0 Å². The quantitative estimate of drug-likeness (QED) is 0.737. The second-order valence-electron chi connectivity index (χ2n) is 5.49. The van der Waals surface area contributed by atoms with Gasteiger partial charge < -0.3 is 0 Å². The zero-order valence-corrected chi connectivity index (χ0v) is 16.1. The summed E-state index contributed by atoms with van der Waals surface area (Å²) >= 11 is 0. The first kappa shape index (κ1) is 20.5. The number of benzene rings is 2. The molecule has 2 aromatic carbocycles. The van der Waals surface area contributed by atoms with Gasteiger partial charge in [-0.2, -0.15) is 4.31 Å². The molecule has 0 unspecified atom stereocenters. The molecule has 0 aliphatic carbocycles. The van der Waals surface area contributed by atoms with Crippen molar-refractivity contribution in [2.24, 2.45) is 0 Å². The van der Waals surface area contributed by atoms with Crippen molar-refractivity contribution in [3.8, 4) is 0 Å². The fourth-order valence-corrected chi connectivity index (χ4v) is 4.96. The van der Waals surface area contributed by atoms with Gasteiger partial charge in [0.15, 0.2) is 0 Å². The molecule has 26 heavy (non-hydrogen) atoms. The summed E-state index contributed by atoms with van der Waals surface area (Å²) in [6.07, 6.45) is 0. The first-order valence-electron chi connectivity index (χ1n) is 8.05. The van der Waals surface area contributed by atoms with Gasteiger partial charge in [-0.1, -0.05) is 38.1 Å². The molecule has 0 amide bonds. The molecule has 9 heteroatoms. The molecule has 2 aromatic rings. The first-order chi connectivity index (χ1) is 12.2. The van der Waals surface area contributed by atoms with Crippen molar-refractivity contribution in [1.29, 1.82) is 0 Å². The van der Waals surface area contributed by atoms with Crippen LogP contribution < -0.4 is 4.72 Å². The Hall–Kier alpha value is -1.81. The predicted octanol–water partition coefficient (Wildman–Crippen LogP) is 2.33. The molecule has 0 aromatic heterocycles. The number of hydrogen-bond donors (Lipinski definition) is 1. The van der Waals surface area contributed by atoms with Crippen LogP contribution in [0.25, 0.3) is 0 Å². The van der Waals surface area contributed by atoms with Crippen molar-refractivity contribution in [2.45, 2.75) is 30.2 Å². The molecule has 0 saturated heterocycles. The summed E-state index contributed by atoms with van der Waals surface area (Å²) in [5.41, 5.74) is 0.559. The molecule has 142 valence electrons. The molecule has 6 nitrogen and oxygen atoms in total. The highest BCUT2D eigenvalue weighted by Gasteiger charge is 2.22. The highest BCUT2D eigenvalue weighted by molar-refractivity contribution is 7.89. The number of halogens is 1. The van der Waals surface area contributed by atoms with E-state index in [1.165, 1.54) is 46.8 Å². The average molecular weight is 400 g/mol. The van der Waals surface area contributed by atoms with E-state index in [4.69, 9.17) is 0 Å². The van der Waals surface area contributed by atoms with Gasteiger partial charge in [0, 0.05) is 19.6 Å². The number of hydrogen-bond acceptors (Lipinski definition) is 4. The van der Waals surface area contributed by atoms with Gasteiger partial charge in [0.1, 0.15) is 10.7 Å². The summed E-state index contributed by atoms with van der Waals surface area (Å²) in [6, 6.07) is 11.0. The van der Waals surface area contributed by atoms with Crippen LogP contribution in [-0.2, 0) is 26.6 Å². The van der Waals surface area contributed by atoms with Crippen molar-refractivity contribution in [2.75, 3.05) is 13.1 Å². The fraction of sp³-hybridized carbons (Fsp3) is 0.294. The van der Waals surface area contributed by atoms with Gasteiger partial charge in [0.05, 0.1) is 4.90 Å². The van der Waals surface area contributed by atoms with E-state index in [9.17, 15) is 21.2 Å². The molecule has 1 N–H and O–H groups in total. The van der Waals surface area contributed by atoms with Gasteiger partial charge in [-0.3, -0.25) is 0 Å². The average Bonchev–Trinajstić information content (AvgIpc) is 2.61. The van der Waals surface area contributed by atoms with E-state index >= 15 is 0 Å². The van der Waals surface area contributed by atoms with Gasteiger partial charge in [0.25, 0.3) is 0 Å². The Kier molecular flexibility index (Phi) is 6.51. The Morgan fingerprint density at radius 2 is 1.50 bits per heavy atom. The van der Waals surface area contributed by atoms with Crippen molar-refractivity contribution in [3.05, 3.63) is 59.9 Å². The Morgan fingerprint density at radius 1 is 0.923 bits per heavy atom. The van der Waals surface area contributed by atoms with Gasteiger partial charge in [0.2, 0.25) is 20.0 Å². The van der Waals surface area contributed by atoms with E-state index in [2.05, 4.69) is 4.72 Å². The normalized spacial score (nSPS) is 12.5. The Balaban J connectivity index is 2.14. The first-order valence-corrected chi connectivity index (χ1v) is 11.0. The largest absolute Gasteiger partial charge is 0.243 e. The molecule has 0 spiro atoms. The number of sulfonamides is 2. The molecule has 0 bridgehead atoms. The lowest BCUT2D eigenvalue weighted by Gasteiger charge is -2.18. The molecule has 0 atom stereocenters. The number of nitrogens with zero attached hydrogens (tertiary/aromatic N) is 1. The number of rotatable bonds is 8. The summed E-state index contributed by atoms with van der Waals surface area (Å²) in [4.78, 5) is -0.289. The molecule has 0 aliphatic rings. The molecule has 0 radical (unpaired) electrons. The summed E-state index contributed by atoms with van der Waals surface area (Å²) in [5, 5.41) is 0. The van der Waals surface area contributed by atoms with E-state index in [-0.39, 0.29) is 11.4 Å². The third-order valence-corrected chi connectivity index (χ3v) is 7.36. The third-order valence-electron chi connectivity index (χ3n) is 3.86. The van der Waals surface area contributed by atoms with Crippen LogP contribution in [0.1, 0.15) is 19.4 Å². The summed E-state index contributed by atoms with van der Waals surface area (Å²) in [6.45, 7) is 4.16. The van der Waals surface area contributed by atoms with Crippen LogP contribution in [0.2, 0.25) is 0 Å². The van der Waals surface area contributed by atoms with Crippen LogP contribution in [-0.4, -0.2) is 34.2 Å². The van der Waals surface area contributed by atoms with E-state index in [1.807, 2.05) is 0 Å². The highest BCUT2D eigenvalue weighted by atomic mass is 32.2. The summed E-state index contributed by atoms with van der Waals surface area (Å²) in [7, 11) is -7.57. The lowest BCUT2D eigenvalue weighted by Crippen LogP contribution is -2.30. The smallest absolute Gasteiger partial charge is 0.207 e. The summed E-state index contributed by atoms with van der Waals surface area (Å²) < 4.78 is 66.5. The van der Waals surface area contributed by atoms with Crippen molar-refractivity contribution < 1.29 is 21.2 Å². The van der Waals surface area contributed by atoms with Crippen LogP contribution in [0.5, 0.6) is 0 Å². The molecular weight excluding hydrogens is 379 g/mol. The monoisotopic (exact) mass is 400 g/mol. The molecule has 0 heterocycles. The minimum atomic E-state index is -4.00. The Morgan fingerprint density at radius 3 is 2.04 bits per heavy atom. The van der Waals surface area contributed by atoms with Gasteiger partial charge in [-0.25, -0.2) is 25.9 Å². The summed E-state index contributed by atoms with van der Waals surface area (Å²) in [5.74, 6) is -0.833. The van der Waals surface area contributed by atoms with Crippen LogP contribution in [0, 0.1) is 5.82 Å². The highest BCUT2D eigenvalue weighted by Crippen LogP contribution is 2.17. The minimum Gasteiger partial charge on any atom is -0.207 e. The lowest BCUT2D eigenvalue weighted by atomic mass is 10.2. The van der Waals surface area contributed by atoms with E-state index < -0.39 is 30.8 Å². The zero-order chi connectivity index (χ0) is 19.4. The third kappa shape index (κ3) is 4.47. The second kappa shape index (κ2) is 8.26. The van der Waals surface area contributed by atoms with E-state index in [1.54, 1.807) is 13.8 Å². The standard InChI is InChI=1S/C17H21FN2O4S2/c1-3-20(4-2)26(23,24)15-11-9-14(10-12-15)13-19-25(21,22)17-8-6-5-7-16(17)18/h5-12,19H,3-4,13H2,1-2H3. The van der Waals surface area contributed by atoms with E-state index in [0.717, 1.165) is 6.07 Å². The van der Waals surface area contributed by atoms with Gasteiger partial charge in [-0.05, 0) is 29.8 Å². The van der Waals surface area contributed by atoms with Crippen LogP contribution in [0.4, 0.5) is 4.39 Å². The molecular formula is C17H21FN2O4S2. The molecule has 0 aliphatic heterocycles. The van der Waals surface area contributed by atoms with E-state index in [0.29, 0.717) is 18.7 Å². The van der Waals surface area contributed by atoms with Crippen molar-refractivity contribution in [3.63, 3.8) is 0 Å². The zero-order valence-electron chi connectivity index (χ0n) is 14.5. The maximum atomic E-state index is 13.6. The minimum absolute atomic E-state index is 0.0811. The topological polar surface area (TPSA) is 83.6 Å². The second-order valence-corrected chi connectivity index (χ2v) is 9.16. The van der Waals surface area contributed by atoms with Crippen molar-refractivity contribution >= 4 is 20.0 Å². The Labute approximate surface area is 153 Å². The molecule has 0 fully saturated rings. The number of nitrogens with one attached hydrogen (secondary N) is 1. The van der Waals surface area contributed by atoms with Gasteiger partial charge in [-0.15, -0.1) is 0 Å². The predicted molar refractivity (Wildman–Crippen MR) is 97.0 cm³/mol. The SMILES string of the molecule is CCN(CC)S(=O)(=O)c1ccc(CNS(=O)(=O)c2ccccc2F)cc1. The van der Waals surface area contributed by atoms with Crippen molar-refractivity contribution in [1.82, 2.24) is 9.03 Å². The maximum Gasteiger partial charge on any atom is 0.243 e. The lowest BCUT2D eigenvalue weighted by molar-refractivity contribution is 0.445. The maximum absolute atomic E-state index is 13.6. The molecule has 2 rings (SSSR count). The molecule has 0 saturated carbocycles. The van der Waals surface area contributed by atoms with Crippen LogP contribution in [0.3, 0.4) is 0 Å². The fourth-order valence-electron chi connectivity index (χ4n) is 2.41. The van der Waals surface area contributed by atoms with Crippen LogP contribution in [0.15, 0.2) is 58.3 Å².